The molecule has 0 saturated carbocycles. The van der Waals surface area contributed by atoms with Crippen LogP contribution in [-0.2, 0) is 21.2 Å². The molecule has 0 aliphatic carbocycles. The van der Waals surface area contributed by atoms with Crippen molar-refractivity contribution in [3.05, 3.63) is 36.0 Å². The van der Waals surface area contributed by atoms with Crippen LogP contribution < -0.4 is 15.8 Å². The van der Waals surface area contributed by atoms with E-state index in [2.05, 4.69) is 25.8 Å². The van der Waals surface area contributed by atoms with Gasteiger partial charge in [0.15, 0.2) is 5.82 Å². The second-order valence-electron chi connectivity index (χ2n) is 5.30. The smallest absolute Gasteiger partial charge is 0.244 e. The Morgan fingerprint density at radius 3 is 2.60 bits per heavy atom. The maximum atomic E-state index is 11.2. The highest BCUT2D eigenvalue weighted by atomic mass is 32.2. The molecule has 0 atom stereocenters. The van der Waals surface area contributed by atoms with Crippen LogP contribution in [0.5, 0.6) is 0 Å². The quantitative estimate of drug-likeness (QED) is 0.521. The summed E-state index contributed by atoms with van der Waals surface area (Å²) in [7, 11) is -2.00. The van der Waals surface area contributed by atoms with E-state index in [-0.39, 0.29) is 4.90 Å². The van der Waals surface area contributed by atoms with Gasteiger partial charge in [-0.05, 0) is 30.5 Å². The molecule has 9 nitrogen and oxygen atoms in total. The van der Waals surface area contributed by atoms with E-state index in [1.165, 1.54) is 12.1 Å². The maximum absolute atomic E-state index is 11.2. The SMILES string of the molecule is COCCCNc1nncc(NCCc2ccc(S(N)(=O)=O)cc2)n1. The van der Waals surface area contributed by atoms with Gasteiger partial charge >= 0.3 is 0 Å². The Kier molecular flexibility index (Phi) is 7.04. The number of ether oxygens (including phenoxy) is 1. The van der Waals surface area contributed by atoms with Gasteiger partial charge in [0, 0.05) is 26.8 Å². The van der Waals surface area contributed by atoms with Crippen molar-refractivity contribution < 1.29 is 13.2 Å². The lowest BCUT2D eigenvalue weighted by Crippen LogP contribution is -2.13. The highest BCUT2D eigenvalue weighted by Crippen LogP contribution is 2.10. The first kappa shape index (κ1) is 19.0. The van der Waals surface area contributed by atoms with Crippen LogP contribution in [-0.4, -0.2) is 50.4 Å². The summed E-state index contributed by atoms with van der Waals surface area (Å²) in [5.41, 5.74) is 0.986. The number of nitrogens with two attached hydrogens (primary N) is 1. The summed E-state index contributed by atoms with van der Waals surface area (Å²) in [4.78, 5) is 4.42. The van der Waals surface area contributed by atoms with E-state index < -0.39 is 10.0 Å². The minimum absolute atomic E-state index is 0.105. The first-order chi connectivity index (χ1) is 12.0. The van der Waals surface area contributed by atoms with Gasteiger partial charge in [-0.15, -0.1) is 5.10 Å². The monoisotopic (exact) mass is 366 g/mol. The van der Waals surface area contributed by atoms with Crippen LogP contribution in [0.1, 0.15) is 12.0 Å². The van der Waals surface area contributed by atoms with E-state index in [1.54, 1.807) is 25.4 Å². The van der Waals surface area contributed by atoms with Gasteiger partial charge in [0.05, 0.1) is 11.1 Å². The lowest BCUT2D eigenvalue weighted by molar-refractivity contribution is 0.197. The third-order valence-corrected chi connectivity index (χ3v) is 4.27. The van der Waals surface area contributed by atoms with Gasteiger partial charge in [-0.1, -0.05) is 12.1 Å². The van der Waals surface area contributed by atoms with Crippen LogP contribution in [0.25, 0.3) is 0 Å². The Labute approximate surface area is 147 Å². The van der Waals surface area contributed by atoms with Gasteiger partial charge in [-0.2, -0.15) is 10.1 Å². The number of hydrogen-bond acceptors (Lipinski definition) is 8. The summed E-state index contributed by atoms with van der Waals surface area (Å²) in [6.45, 7) is 1.99. The van der Waals surface area contributed by atoms with Crippen LogP contribution in [0.15, 0.2) is 35.4 Å². The molecule has 0 amide bonds. The maximum Gasteiger partial charge on any atom is 0.244 e. The summed E-state index contributed by atoms with van der Waals surface area (Å²) < 4.78 is 27.4. The zero-order valence-electron chi connectivity index (χ0n) is 14.0. The molecule has 2 aromatic rings. The molecule has 10 heteroatoms. The molecular weight excluding hydrogens is 344 g/mol. The summed E-state index contributed by atoms with van der Waals surface area (Å²) in [6.07, 6.45) is 3.10. The third-order valence-electron chi connectivity index (χ3n) is 3.34. The molecular formula is C15H22N6O3S. The van der Waals surface area contributed by atoms with Gasteiger partial charge in [-0.3, -0.25) is 0 Å². The van der Waals surface area contributed by atoms with Crippen molar-refractivity contribution in [2.75, 3.05) is 37.4 Å². The van der Waals surface area contributed by atoms with E-state index in [1.807, 2.05) is 0 Å². The van der Waals surface area contributed by atoms with Crippen LogP contribution in [0.4, 0.5) is 11.8 Å². The normalized spacial score (nSPS) is 11.3. The lowest BCUT2D eigenvalue weighted by Gasteiger charge is -2.08. The summed E-state index contributed by atoms with van der Waals surface area (Å²) in [5.74, 6) is 1.07. The number of methoxy groups -OCH3 is 1. The van der Waals surface area contributed by atoms with Crippen molar-refractivity contribution in [3.8, 4) is 0 Å². The number of rotatable bonds is 10. The third kappa shape index (κ3) is 6.61. The summed E-state index contributed by atoms with van der Waals surface area (Å²) in [5, 5.41) is 19.1. The molecule has 0 unspecified atom stereocenters. The van der Waals surface area contributed by atoms with Gasteiger partial charge < -0.3 is 15.4 Å². The molecule has 0 aliphatic rings. The Morgan fingerprint density at radius 2 is 1.92 bits per heavy atom. The Morgan fingerprint density at radius 1 is 1.16 bits per heavy atom. The molecule has 2 rings (SSSR count). The number of hydrogen-bond donors (Lipinski definition) is 3. The molecule has 1 aromatic heterocycles. The van der Waals surface area contributed by atoms with Crippen molar-refractivity contribution in [2.45, 2.75) is 17.7 Å². The van der Waals surface area contributed by atoms with Crippen molar-refractivity contribution in [1.29, 1.82) is 0 Å². The predicted octanol–water partition coefficient (Wildman–Crippen LogP) is 0.622. The molecule has 0 spiro atoms. The minimum Gasteiger partial charge on any atom is -0.385 e. The highest BCUT2D eigenvalue weighted by molar-refractivity contribution is 7.89. The highest BCUT2D eigenvalue weighted by Gasteiger charge is 2.06. The van der Waals surface area contributed by atoms with Gasteiger partial charge in [-0.25, -0.2) is 13.6 Å². The molecule has 1 aromatic carbocycles. The van der Waals surface area contributed by atoms with E-state index in [0.717, 1.165) is 12.0 Å². The average Bonchev–Trinajstić information content (AvgIpc) is 2.59. The molecule has 4 N–H and O–H groups in total. The van der Waals surface area contributed by atoms with Crippen LogP contribution in [0.3, 0.4) is 0 Å². The number of sulfonamides is 1. The molecule has 0 saturated heterocycles. The fourth-order valence-electron chi connectivity index (χ4n) is 2.06. The minimum atomic E-state index is -3.66. The van der Waals surface area contributed by atoms with Crippen molar-refractivity contribution in [3.63, 3.8) is 0 Å². The first-order valence-corrected chi connectivity index (χ1v) is 9.32. The number of nitrogens with zero attached hydrogens (tertiary/aromatic N) is 3. The Bertz CT molecular complexity index is 767. The standard InChI is InChI=1S/C15H22N6O3S/c1-24-10-2-8-18-15-20-14(11-19-21-15)17-9-7-12-3-5-13(6-4-12)25(16,22)23/h3-6,11H,2,7-10H2,1H3,(H2,16,22,23)(H2,17,18,20,21). The molecule has 25 heavy (non-hydrogen) atoms. The topological polar surface area (TPSA) is 132 Å². The van der Waals surface area contributed by atoms with E-state index >= 15 is 0 Å². The number of primary sulfonamides is 1. The van der Waals surface area contributed by atoms with Gasteiger partial charge in [0.1, 0.15) is 0 Å². The lowest BCUT2D eigenvalue weighted by atomic mass is 10.1. The zero-order chi connectivity index (χ0) is 18.1. The largest absolute Gasteiger partial charge is 0.385 e. The molecule has 1 heterocycles. The number of nitrogens with one attached hydrogen (secondary N) is 2. The van der Waals surface area contributed by atoms with Gasteiger partial charge in [0.25, 0.3) is 0 Å². The molecule has 0 fully saturated rings. The Hall–Kier alpha value is -2.30. The molecule has 0 radical (unpaired) electrons. The fraction of sp³-hybridized carbons (Fsp3) is 0.400. The number of benzene rings is 1. The molecule has 0 aliphatic heterocycles. The van der Waals surface area contributed by atoms with E-state index in [4.69, 9.17) is 9.88 Å². The number of aromatic nitrogens is 3. The molecule has 136 valence electrons. The van der Waals surface area contributed by atoms with Crippen molar-refractivity contribution >= 4 is 21.8 Å². The molecule has 0 bridgehead atoms. The average molecular weight is 366 g/mol. The second-order valence-corrected chi connectivity index (χ2v) is 6.87. The first-order valence-electron chi connectivity index (χ1n) is 7.77. The van der Waals surface area contributed by atoms with Crippen LogP contribution in [0, 0.1) is 0 Å². The zero-order valence-corrected chi connectivity index (χ0v) is 14.8. The number of anilines is 2. The van der Waals surface area contributed by atoms with Crippen molar-refractivity contribution in [1.82, 2.24) is 15.2 Å². The van der Waals surface area contributed by atoms with Crippen LogP contribution >= 0.6 is 0 Å². The van der Waals surface area contributed by atoms with E-state index in [0.29, 0.717) is 37.9 Å². The summed E-state index contributed by atoms with van der Waals surface area (Å²) in [6, 6.07) is 6.47. The Balaban J connectivity index is 1.81. The van der Waals surface area contributed by atoms with Gasteiger partial charge in [0.2, 0.25) is 16.0 Å². The predicted molar refractivity (Wildman–Crippen MR) is 94.8 cm³/mol. The summed E-state index contributed by atoms with van der Waals surface area (Å²) >= 11 is 0. The van der Waals surface area contributed by atoms with Crippen LogP contribution in [0.2, 0.25) is 0 Å². The second kappa shape index (κ2) is 9.25. The van der Waals surface area contributed by atoms with Crippen molar-refractivity contribution in [2.24, 2.45) is 5.14 Å². The van der Waals surface area contributed by atoms with E-state index in [9.17, 15) is 8.42 Å². The fourth-order valence-corrected chi connectivity index (χ4v) is 2.58.